The van der Waals surface area contributed by atoms with Crippen molar-refractivity contribution in [2.24, 2.45) is 5.73 Å². The number of carbonyl (C=O) groups excluding carboxylic acids is 1. The first kappa shape index (κ1) is 12.1. The molecule has 4 heteroatoms. The molecule has 1 amide bonds. The minimum Gasteiger partial charge on any atom is -0.507 e. The predicted octanol–water partition coefficient (Wildman–Crippen LogP) is 0.452. The molecule has 16 heavy (non-hydrogen) atoms. The van der Waals surface area contributed by atoms with Crippen LogP contribution < -0.4 is 11.1 Å². The molecule has 0 aliphatic heterocycles. The Morgan fingerprint density at radius 1 is 1.56 bits per heavy atom. The molecule has 0 radical (unpaired) electrons. The standard InChI is InChI=1S/C12H14N2O2/c1-14-7-3-2-4-9-5-6-11(15)10(8-9)12(13)16/h5-6,8,14-15H,3,7H2,1H3,(H2,13,16). The van der Waals surface area contributed by atoms with Crippen molar-refractivity contribution in [3.63, 3.8) is 0 Å². The second-order valence-corrected chi connectivity index (χ2v) is 3.25. The van der Waals surface area contributed by atoms with Crippen molar-refractivity contribution in [1.29, 1.82) is 0 Å². The van der Waals surface area contributed by atoms with Crippen LogP contribution in [0.1, 0.15) is 22.3 Å². The molecular formula is C12H14N2O2. The maximum atomic E-state index is 11.0. The Kier molecular flexibility index (Phi) is 4.37. The van der Waals surface area contributed by atoms with Crippen LogP contribution in [0, 0.1) is 11.8 Å². The van der Waals surface area contributed by atoms with E-state index in [0.717, 1.165) is 13.0 Å². The van der Waals surface area contributed by atoms with Gasteiger partial charge in [-0.3, -0.25) is 4.79 Å². The lowest BCUT2D eigenvalue weighted by atomic mass is 10.1. The third-order valence-corrected chi connectivity index (χ3v) is 1.99. The minimum absolute atomic E-state index is 0.0976. The van der Waals surface area contributed by atoms with Crippen LogP contribution in [0.4, 0.5) is 0 Å². The fraction of sp³-hybridized carbons (Fsp3) is 0.250. The van der Waals surface area contributed by atoms with E-state index in [9.17, 15) is 9.90 Å². The van der Waals surface area contributed by atoms with Crippen molar-refractivity contribution in [2.45, 2.75) is 6.42 Å². The molecule has 0 fully saturated rings. The summed E-state index contributed by atoms with van der Waals surface area (Å²) in [5.74, 6) is 5.06. The van der Waals surface area contributed by atoms with Crippen molar-refractivity contribution in [2.75, 3.05) is 13.6 Å². The highest BCUT2D eigenvalue weighted by Crippen LogP contribution is 2.17. The molecule has 0 spiro atoms. The second-order valence-electron chi connectivity index (χ2n) is 3.25. The maximum absolute atomic E-state index is 11.0. The van der Waals surface area contributed by atoms with E-state index in [4.69, 9.17) is 5.73 Å². The predicted molar refractivity (Wildman–Crippen MR) is 62.0 cm³/mol. The number of nitrogens with one attached hydrogen (secondary N) is 1. The molecule has 1 rings (SSSR count). The van der Waals surface area contributed by atoms with E-state index in [1.807, 2.05) is 7.05 Å². The summed E-state index contributed by atoms with van der Waals surface area (Å²) in [5, 5.41) is 12.3. The van der Waals surface area contributed by atoms with Crippen LogP contribution >= 0.6 is 0 Å². The highest BCUT2D eigenvalue weighted by Gasteiger charge is 2.06. The summed E-state index contributed by atoms with van der Waals surface area (Å²) in [5.41, 5.74) is 5.87. The van der Waals surface area contributed by atoms with Crippen LogP contribution in [0.15, 0.2) is 18.2 Å². The molecule has 0 saturated heterocycles. The molecule has 0 unspecified atom stereocenters. The van der Waals surface area contributed by atoms with Crippen molar-refractivity contribution < 1.29 is 9.90 Å². The largest absolute Gasteiger partial charge is 0.507 e. The van der Waals surface area contributed by atoms with Gasteiger partial charge >= 0.3 is 0 Å². The fourth-order valence-electron chi connectivity index (χ4n) is 1.16. The molecule has 0 saturated carbocycles. The van der Waals surface area contributed by atoms with Gasteiger partial charge in [0.15, 0.2) is 0 Å². The lowest BCUT2D eigenvalue weighted by molar-refractivity contribution is 0.0997. The number of phenols is 1. The zero-order valence-electron chi connectivity index (χ0n) is 9.08. The SMILES string of the molecule is CNCCC#Cc1ccc(O)c(C(N)=O)c1. The molecule has 0 aromatic heterocycles. The van der Waals surface area contributed by atoms with Crippen LogP contribution in [0.2, 0.25) is 0 Å². The minimum atomic E-state index is -0.656. The number of benzene rings is 1. The quantitative estimate of drug-likeness (QED) is 0.509. The van der Waals surface area contributed by atoms with Gasteiger partial charge in [-0.05, 0) is 25.2 Å². The van der Waals surface area contributed by atoms with Gasteiger partial charge in [0.25, 0.3) is 5.91 Å². The van der Waals surface area contributed by atoms with Crippen LogP contribution in [0.25, 0.3) is 0 Å². The molecule has 0 aliphatic rings. The number of carbonyl (C=O) groups is 1. The molecule has 0 aliphatic carbocycles. The molecule has 0 bridgehead atoms. The van der Waals surface area contributed by atoms with E-state index >= 15 is 0 Å². The molecule has 1 aromatic rings. The van der Waals surface area contributed by atoms with Gasteiger partial charge in [-0.2, -0.15) is 0 Å². The summed E-state index contributed by atoms with van der Waals surface area (Å²) in [6, 6.07) is 4.56. The number of nitrogens with two attached hydrogens (primary N) is 1. The molecule has 4 N–H and O–H groups in total. The monoisotopic (exact) mass is 218 g/mol. The van der Waals surface area contributed by atoms with Gasteiger partial charge in [0.2, 0.25) is 0 Å². The van der Waals surface area contributed by atoms with E-state index in [0.29, 0.717) is 5.56 Å². The lowest BCUT2D eigenvalue weighted by Gasteiger charge is -2.00. The normalized spacial score (nSPS) is 9.31. The van der Waals surface area contributed by atoms with E-state index in [1.54, 1.807) is 6.07 Å². The molecule has 1 aromatic carbocycles. The molecular weight excluding hydrogens is 204 g/mol. The van der Waals surface area contributed by atoms with Gasteiger partial charge in [0, 0.05) is 18.5 Å². The summed E-state index contributed by atoms with van der Waals surface area (Å²) in [6.07, 6.45) is 0.725. The van der Waals surface area contributed by atoms with Gasteiger partial charge in [-0.15, -0.1) is 0 Å². The van der Waals surface area contributed by atoms with Gasteiger partial charge < -0.3 is 16.2 Å². The third kappa shape index (κ3) is 3.30. The zero-order chi connectivity index (χ0) is 12.0. The van der Waals surface area contributed by atoms with Crippen LogP contribution in [0.3, 0.4) is 0 Å². The number of amides is 1. The molecule has 84 valence electrons. The highest BCUT2D eigenvalue weighted by molar-refractivity contribution is 5.95. The van der Waals surface area contributed by atoms with Gasteiger partial charge in [-0.1, -0.05) is 11.8 Å². The van der Waals surface area contributed by atoms with E-state index in [1.165, 1.54) is 12.1 Å². The topological polar surface area (TPSA) is 75.3 Å². The Morgan fingerprint density at radius 3 is 2.94 bits per heavy atom. The van der Waals surface area contributed by atoms with Crippen molar-refractivity contribution >= 4 is 5.91 Å². The van der Waals surface area contributed by atoms with E-state index < -0.39 is 5.91 Å². The van der Waals surface area contributed by atoms with Gasteiger partial charge in [-0.25, -0.2) is 0 Å². The summed E-state index contributed by atoms with van der Waals surface area (Å²) in [6.45, 7) is 0.813. The first-order valence-electron chi connectivity index (χ1n) is 4.91. The van der Waals surface area contributed by atoms with E-state index in [-0.39, 0.29) is 11.3 Å². The fourth-order valence-corrected chi connectivity index (χ4v) is 1.16. The summed E-state index contributed by atoms with van der Waals surface area (Å²) < 4.78 is 0. The van der Waals surface area contributed by atoms with Crippen molar-refractivity contribution in [3.8, 4) is 17.6 Å². The number of aromatic hydroxyl groups is 1. The summed E-state index contributed by atoms with van der Waals surface area (Å²) in [7, 11) is 1.85. The smallest absolute Gasteiger partial charge is 0.252 e. The lowest BCUT2D eigenvalue weighted by Crippen LogP contribution is -2.11. The first-order valence-corrected chi connectivity index (χ1v) is 4.91. The van der Waals surface area contributed by atoms with Gasteiger partial charge in [0.1, 0.15) is 5.75 Å². The molecule has 4 nitrogen and oxygen atoms in total. The van der Waals surface area contributed by atoms with E-state index in [2.05, 4.69) is 17.2 Å². The molecule has 0 heterocycles. The second kappa shape index (κ2) is 5.79. The number of primary amides is 1. The maximum Gasteiger partial charge on any atom is 0.252 e. The number of hydrogen-bond donors (Lipinski definition) is 3. The first-order chi connectivity index (χ1) is 7.65. The Hall–Kier alpha value is -1.99. The van der Waals surface area contributed by atoms with Crippen LogP contribution in [-0.2, 0) is 0 Å². The molecule has 0 atom stereocenters. The Bertz CT molecular complexity index is 444. The Morgan fingerprint density at radius 2 is 2.31 bits per heavy atom. The summed E-state index contributed by atoms with van der Waals surface area (Å²) >= 11 is 0. The number of rotatable bonds is 3. The Balaban J connectivity index is 2.85. The van der Waals surface area contributed by atoms with Crippen molar-refractivity contribution in [3.05, 3.63) is 29.3 Å². The van der Waals surface area contributed by atoms with Crippen LogP contribution in [-0.4, -0.2) is 24.6 Å². The zero-order valence-corrected chi connectivity index (χ0v) is 9.08. The average Bonchev–Trinajstić information content (AvgIpc) is 2.26. The summed E-state index contributed by atoms with van der Waals surface area (Å²) in [4.78, 5) is 11.0. The highest BCUT2D eigenvalue weighted by atomic mass is 16.3. The van der Waals surface area contributed by atoms with Crippen LogP contribution in [0.5, 0.6) is 5.75 Å². The Labute approximate surface area is 94.5 Å². The van der Waals surface area contributed by atoms with Crippen molar-refractivity contribution in [1.82, 2.24) is 5.32 Å². The van der Waals surface area contributed by atoms with Gasteiger partial charge in [0.05, 0.1) is 5.56 Å². The average molecular weight is 218 g/mol. The third-order valence-electron chi connectivity index (χ3n) is 1.99. The number of hydrogen-bond acceptors (Lipinski definition) is 3.